The predicted octanol–water partition coefficient (Wildman–Crippen LogP) is 0.319. The minimum atomic E-state index is -0.0257. The average molecular weight is 210 g/mol. The highest BCUT2D eigenvalue weighted by Crippen LogP contribution is 2.04. The number of nitrogens with zero attached hydrogens (tertiary/aromatic N) is 1. The summed E-state index contributed by atoms with van der Waals surface area (Å²) in [7, 11) is 0. The van der Waals surface area contributed by atoms with E-state index in [2.05, 4.69) is 15.5 Å². The lowest BCUT2D eigenvalue weighted by Gasteiger charge is -2.10. The van der Waals surface area contributed by atoms with Gasteiger partial charge in [-0.1, -0.05) is 6.92 Å². The molecule has 4 N–H and O–H groups in total. The molecule has 1 rings (SSSR count). The van der Waals surface area contributed by atoms with Crippen LogP contribution >= 0.6 is 0 Å². The van der Waals surface area contributed by atoms with Gasteiger partial charge in [-0.25, -0.2) is 0 Å². The number of hydrogen-bond donors (Lipinski definition) is 3. The Bertz CT molecular complexity index is 321. The molecule has 15 heavy (non-hydrogen) atoms. The predicted molar refractivity (Wildman–Crippen MR) is 58.0 cm³/mol. The monoisotopic (exact) mass is 210 g/mol. The highest BCUT2D eigenvalue weighted by Gasteiger charge is 2.11. The van der Waals surface area contributed by atoms with E-state index in [1.165, 1.54) is 0 Å². The molecule has 0 bridgehead atoms. The summed E-state index contributed by atoms with van der Waals surface area (Å²) < 4.78 is 0. The molecule has 0 aliphatic rings. The summed E-state index contributed by atoms with van der Waals surface area (Å²) in [5.41, 5.74) is 7.39. The first-order valence-electron chi connectivity index (χ1n) is 5.11. The lowest BCUT2D eigenvalue weighted by atomic mass is 10.1. The smallest absolute Gasteiger partial charge is 0.223 e. The Hall–Kier alpha value is -1.36. The number of H-pyrrole nitrogens is 1. The Kier molecular flexibility index (Phi) is 4.30. The van der Waals surface area contributed by atoms with Crippen LogP contribution in [-0.4, -0.2) is 22.6 Å². The highest BCUT2D eigenvalue weighted by molar-refractivity contribution is 5.78. The van der Waals surface area contributed by atoms with Crippen molar-refractivity contribution in [3.8, 4) is 0 Å². The van der Waals surface area contributed by atoms with Crippen LogP contribution in [0.15, 0.2) is 6.20 Å². The molecule has 1 atom stereocenters. The van der Waals surface area contributed by atoms with Crippen LogP contribution in [0.4, 0.5) is 0 Å². The van der Waals surface area contributed by atoms with Crippen molar-refractivity contribution in [2.24, 2.45) is 11.7 Å². The zero-order chi connectivity index (χ0) is 11.3. The molecule has 1 heterocycles. The van der Waals surface area contributed by atoms with Crippen molar-refractivity contribution in [2.45, 2.75) is 26.8 Å². The van der Waals surface area contributed by atoms with Gasteiger partial charge in [0.1, 0.15) is 0 Å². The van der Waals surface area contributed by atoms with E-state index in [1.54, 1.807) is 6.20 Å². The molecule has 1 amide bonds. The molecule has 0 aromatic carbocycles. The van der Waals surface area contributed by atoms with Crippen LogP contribution in [0.3, 0.4) is 0 Å². The van der Waals surface area contributed by atoms with E-state index in [9.17, 15) is 4.79 Å². The molecule has 1 unspecified atom stereocenters. The second-order valence-electron chi connectivity index (χ2n) is 3.72. The van der Waals surface area contributed by atoms with Crippen LogP contribution in [-0.2, 0) is 11.3 Å². The summed E-state index contributed by atoms with van der Waals surface area (Å²) in [6.45, 7) is 4.87. The van der Waals surface area contributed by atoms with Crippen molar-refractivity contribution in [1.82, 2.24) is 15.5 Å². The van der Waals surface area contributed by atoms with E-state index in [1.807, 2.05) is 13.8 Å². The second kappa shape index (κ2) is 5.50. The number of carbonyl (C=O) groups is 1. The van der Waals surface area contributed by atoms with E-state index < -0.39 is 0 Å². The fourth-order valence-corrected chi connectivity index (χ4v) is 1.29. The Morgan fingerprint density at radius 1 is 1.73 bits per heavy atom. The third kappa shape index (κ3) is 3.36. The standard InChI is InChI=1S/C10H18N4O/c1-7(3-4-11)10(15)12-5-9-6-13-14-8(9)2/h6-7H,3-5,11H2,1-2H3,(H,12,15)(H,13,14). The van der Waals surface area contributed by atoms with Gasteiger partial charge in [-0.3, -0.25) is 9.89 Å². The van der Waals surface area contributed by atoms with Crippen molar-refractivity contribution in [3.05, 3.63) is 17.5 Å². The average Bonchev–Trinajstić information content (AvgIpc) is 2.61. The van der Waals surface area contributed by atoms with Gasteiger partial charge in [0.15, 0.2) is 0 Å². The molecule has 0 saturated heterocycles. The van der Waals surface area contributed by atoms with Gasteiger partial charge in [-0.2, -0.15) is 5.10 Å². The number of nitrogens with one attached hydrogen (secondary N) is 2. The first kappa shape index (κ1) is 11.7. The molecule has 5 heteroatoms. The third-order valence-corrected chi connectivity index (χ3v) is 2.43. The van der Waals surface area contributed by atoms with Gasteiger partial charge < -0.3 is 11.1 Å². The maximum absolute atomic E-state index is 11.5. The number of rotatable bonds is 5. The van der Waals surface area contributed by atoms with Gasteiger partial charge in [-0.15, -0.1) is 0 Å². The summed E-state index contributed by atoms with van der Waals surface area (Å²) >= 11 is 0. The van der Waals surface area contributed by atoms with Gasteiger partial charge in [0, 0.05) is 23.7 Å². The van der Waals surface area contributed by atoms with E-state index in [-0.39, 0.29) is 11.8 Å². The fraction of sp³-hybridized carbons (Fsp3) is 0.600. The Balaban J connectivity index is 2.37. The lowest BCUT2D eigenvalue weighted by Crippen LogP contribution is -2.30. The molecule has 1 aromatic rings. The SMILES string of the molecule is Cc1[nH]ncc1CNC(=O)C(C)CCN. The number of nitrogens with two attached hydrogens (primary N) is 1. The van der Waals surface area contributed by atoms with E-state index in [0.29, 0.717) is 13.1 Å². The van der Waals surface area contributed by atoms with E-state index in [4.69, 9.17) is 5.73 Å². The molecule has 84 valence electrons. The molecule has 0 fully saturated rings. The van der Waals surface area contributed by atoms with Crippen molar-refractivity contribution in [2.75, 3.05) is 6.54 Å². The molecular weight excluding hydrogens is 192 g/mol. The number of amides is 1. The first-order chi connectivity index (χ1) is 7.15. The molecule has 0 aliphatic carbocycles. The summed E-state index contributed by atoms with van der Waals surface area (Å²) in [4.78, 5) is 11.5. The molecule has 5 nitrogen and oxygen atoms in total. The molecule has 0 saturated carbocycles. The molecular formula is C10H18N4O. The van der Waals surface area contributed by atoms with Crippen LogP contribution in [0.25, 0.3) is 0 Å². The maximum atomic E-state index is 11.5. The summed E-state index contributed by atoms with van der Waals surface area (Å²) in [6, 6.07) is 0. The molecule has 0 spiro atoms. The minimum absolute atomic E-state index is 0.0257. The molecule has 1 aromatic heterocycles. The number of aromatic nitrogens is 2. The number of aryl methyl sites for hydroxylation is 1. The Morgan fingerprint density at radius 3 is 3.00 bits per heavy atom. The van der Waals surface area contributed by atoms with E-state index >= 15 is 0 Å². The fourth-order valence-electron chi connectivity index (χ4n) is 1.29. The van der Waals surface area contributed by atoms with Crippen LogP contribution < -0.4 is 11.1 Å². The normalized spacial score (nSPS) is 12.5. The molecule has 0 radical (unpaired) electrons. The maximum Gasteiger partial charge on any atom is 0.223 e. The van der Waals surface area contributed by atoms with Gasteiger partial charge in [-0.05, 0) is 19.9 Å². The molecule has 0 aliphatic heterocycles. The Morgan fingerprint density at radius 2 is 2.47 bits per heavy atom. The number of carbonyl (C=O) groups excluding carboxylic acids is 1. The zero-order valence-electron chi connectivity index (χ0n) is 9.21. The quantitative estimate of drug-likeness (QED) is 0.654. The van der Waals surface area contributed by atoms with Gasteiger partial charge in [0.2, 0.25) is 5.91 Å². The van der Waals surface area contributed by atoms with Gasteiger partial charge in [0.25, 0.3) is 0 Å². The zero-order valence-corrected chi connectivity index (χ0v) is 9.21. The summed E-state index contributed by atoms with van der Waals surface area (Å²) in [5.74, 6) is 0.0169. The van der Waals surface area contributed by atoms with Gasteiger partial charge >= 0.3 is 0 Å². The van der Waals surface area contributed by atoms with Crippen molar-refractivity contribution in [3.63, 3.8) is 0 Å². The van der Waals surface area contributed by atoms with Crippen LogP contribution in [0.1, 0.15) is 24.6 Å². The number of hydrogen-bond acceptors (Lipinski definition) is 3. The van der Waals surface area contributed by atoms with Crippen molar-refractivity contribution in [1.29, 1.82) is 0 Å². The van der Waals surface area contributed by atoms with E-state index in [0.717, 1.165) is 17.7 Å². The summed E-state index contributed by atoms with van der Waals surface area (Å²) in [6.07, 6.45) is 2.44. The van der Waals surface area contributed by atoms with Crippen LogP contribution in [0.5, 0.6) is 0 Å². The first-order valence-corrected chi connectivity index (χ1v) is 5.11. The minimum Gasteiger partial charge on any atom is -0.352 e. The van der Waals surface area contributed by atoms with Crippen molar-refractivity contribution >= 4 is 5.91 Å². The van der Waals surface area contributed by atoms with Gasteiger partial charge in [0.05, 0.1) is 6.20 Å². The summed E-state index contributed by atoms with van der Waals surface area (Å²) in [5, 5.41) is 9.57. The Labute approximate surface area is 89.4 Å². The second-order valence-corrected chi connectivity index (χ2v) is 3.72. The van der Waals surface area contributed by atoms with Crippen LogP contribution in [0.2, 0.25) is 0 Å². The largest absolute Gasteiger partial charge is 0.352 e. The topological polar surface area (TPSA) is 83.8 Å². The van der Waals surface area contributed by atoms with Crippen LogP contribution in [0, 0.1) is 12.8 Å². The van der Waals surface area contributed by atoms with Crippen molar-refractivity contribution < 1.29 is 4.79 Å². The lowest BCUT2D eigenvalue weighted by molar-refractivity contribution is -0.124. The third-order valence-electron chi connectivity index (χ3n) is 2.43. The number of aromatic amines is 1. The highest BCUT2D eigenvalue weighted by atomic mass is 16.1.